The highest BCUT2D eigenvalue weighted by Crippen LogP contribution is 2.22. The Bertz CT molecular complexity index is 1250. The molecule has 4 rings (SSSR count). The highest BCUT2D eigenvalue weighted by Gasteiger charge is 2.24. The number of hydrogen-bond donors (Lipinski definition) is 0. The molecule has 1 aliphatic rings. The van der Waals surface area contributed by atoms with Gasteiger partial charge in [0.05, 0.1) is 10.6 Å². The summed E-state index contributed by atoms with van der Waals surface area (Å²) in [6, 6.07) is 22.0. The summed E-state index contributed by atoms with van der Waals surface area (Å²) in [5.74, 6) is -0.0298. The third-order valence-corrected chi connectivity index (χ3v) is 7.79. The van der Waals surface area contributed by atoms with E-state index in [1.54, 1.807) is 35.2 Å². The van der Waals surface area contributed by atoms with Crippen LogP contribution < -0.4 is 9.64 Å². The Kier molecular flexibility index (Phi) is 7.67. The Morgan fingerprint density at radius 3 is 2.20 bits per heavy atom. The fraction of sp³-hybridized carbons (Fsp3) is 0.269. The number of halogens is 1. The molecule has 1 aliphatic heterocycles. The van der Waals surface area contributed by atoms with E-state index in [4.69, 9.17) is 4.74 Å². The summed E-state index contributed by atoms with van der Waals surface area (Å²) in [6.07, 6.45) is 0. The van der Waals surface area contributed by atoms with Crippen LogP contribution in [0.4, 0.5) is 10.1 Å². The van der Waals surface area contributed by atoms with Gasteiger partial charge in [0.1, 0.15) is 11.6 Å². The SMILES string of the molecule is CN(Cc1ccccc1)S(=O)(=O)c1ccc(OCC(=O)N2CCN(c3ccccc3F)CC2)cc1. The van der Waals surface area contributed by atoms with Gasteiger partial charge in [0.2, 0.25) is 10.0 Å². The molecule has 3 aromatic carbocycles. The van der Waals surface area contributed by atoms with Crippen LogP contribution in [0, 0.1) is 5.82 Å². The van der Waals surface area contributed by atoms with Crippen molar-refractivity contribution in [2.45, 2.75) is 11.4 Å². The molecule has 1 fully saturated rings. The maximum absolute atomic E-state index is 14.0. The molecule has 0 spiro atoms. The van der Waals surface area contributed by atoms with E-state index in [9.17, 15) is 17.6 Å². The molecule has 0 bridgehead atoms. The Morgan fingerprint density at radius 1 is 0.914 bits per heavy atom. The molecule has 0 aromatic heterocycles. The van der Waals surface area contributed by atoms with Gasteiger partial charge in [0, 0.05) is 39.8 Å². The molecule has 0 N–H and O–H groups in total. The van der Waals surface area contributed by atoms with Crippen LogP contribution in [0.2, 0.25) is 0 Å². The van der Waals surface area contributed by atoms with Crippen LogP contribution in [-0.4, -0.2) is 63.4 Å². The molecule has 1 saturated heterocycles. The first-order chi connectivity index (χ1) is 16.8. The summed E-state index contributed by atoms with van der Waals surface area (Å²) in [6.45, 7) is 2.13. The number of carbonyl (C=O) groups excluding carboxylic acids is 1. The van der Waals surface area contributed by atoms with Gasteiger partial charge < -0.3 is 14.5 Å². The highest BCUT2D eigenvalue weighted by atomic mass is 32.2. The van der Waals surface area contributed by atoms with Gasteiger partial charge in [-0.05, 0) is 42.0 Å². The molecule has 7 nitrogen and oxygen atoms in total. The minimum absolute atomic E-state index is 0.152. The smallest absolute Gasteiger partial charge is 0.260 e. The molecule has 3 aromatic rings. The molecule has 1 amide bonds. The third-order valence-electron chi connectivity index (χ3n) is 5.97. The molecule has 1 heterocycles. The number of hydrogen-bond acceptors (Lipinski definition) is 5. The van der Waals surface area contributed by atoms with E-state index in [1.807, 2.05) is 35.2 Å². The second-order valence-corrected chi connectivity index (χ2v) is 10.4. The fourth-order valence-electron chi connectivity index (χ4n) is 3.95. The summed E-state index contributed by atoms with van der Waals surface area (Å²) in [5.41, 5.74) is 1.44. The van der Waals surface area contributed by atoms with E-state index < -0.39 is 10.0 Å². The number of piperazine rings is 1. The number of para-hydroxylation sites is 1. The summed E-state index contributed by atoms with van der Waals surface area (Å²) >= 11 is 0. The number of rotatable bonds is 8. The van der Waals surface area contributed by atoms with E-state index in [0.717, 1.165) is 5.56 Å². The van der Waals surface area contributed by atoms with Crippen LogP contribution in [0.5, 0.6) is 5.75 Å². The summed E-state index contributed by atoms with van der Waals surface area (Å²) in [5, 5.41) is 0. The largest absolute Gasteiger partial charge is 0.484 e. The number of benzene rings is 3. The molecule has 0 atom stereocenters. The van der Waals surface area contributed by atoms with Gasteiger partial charge >= 0.3 is 0 Å². The number of anilines is 1. The van der Waals surface area contributed by atoms with Crippen LogP contribution >= 0.6 is 0 Å². The van der Waals surface area contributed by atoms with E-state index in [1.165, 1.54) is 29.6 Å². The van der Waals surface area contributed by atoms with Crippen LogP contribution in [0.3, 0.4) is 0 Å². The van der Waals surface area contributed by atoms with E-state index in [2.05, 4.69) is 0 Å². The number of sulfonamides is 1. The predicted octanol–water partition coefficient (Wildman–Crippen LogP) is 3.37. The lowest BCUT2D eigenvalue weighted by atomic mass is 10.2. The van der Waals surface area contributed by atoms with Gasteiger partial charge in [-0.1, -0.05) is 42.5 Å². The third kappa shape index (κ3) is 5.98. The van der Waals surface area contributed by atoms with Gasteiger partial charge in [0.25, 0.3) is 5.91 Å². The summed E-state index contributed by atoms with van der Waals surface area (Å²) in [4.78, 5) is 16.3. The van der Waals surface area contributed by atoms with Gasteiger partial charge in [-0.25, -0.2) is 12.8 Å². The topological polar surface area (TPSA) is 70.2 Å². The maximum atomic E-state index is 14.0. The monoisotopic (exact) mass is 497 g/mol. The van der Waals surface area contributed by atoms with Crippen LogP contribution in [0.25, 0.3) is 0 Å². The quantitative estimate of drug-likeness (QED) is 0.477. The average Bonchev–Trinajstić information content (AvgIpc) is 2.88. The lowest BCUT2D eigenvalue weighted by molar-refractivity contribution is -0.133. The summed E-state index contributed by atoms with van der Waals surface area (Å²) < 4.78 is 46.6. The fourth-order valence-corrected chi connectivity index (χ4v) is 5.11. The van der Waals surface area contributed by atoms with Crippen LogP contribution in [-0.2, 0) is 21.4 Å². The van der Waals surface area contributed by atoms with Crippen molar-refractivity contribution < 1.29 is 22.3 Å². The first-order valence-electron chi connectivity index (χ1n) is 11.3. The first-order valence-corrected chi connectivity index (χ1v) is 12.8. The standard InChI is InChI=1S/C26H28FN3O4S/c1-28(19-21-7-3-2-4-8-21)35(32,33)23-13-11-22(12-14-23)34-20-26(31)30-17-15-29(16-18-30)25-10-6-5-9-24(25)27/h2-14H,15-20H2,1H3. The minimum atomic E-state index is -3.66. The Labute approximate surface area is 205 Å². The van der Waals surface area contributed by atoms with Crippen LogP contribution in [0.1, 0.15) is 5.56 Å². The molecule has 9 heteroatoms. The Hall–Kier alpha value is -3.43. The van der Waals surface area contributed by atoms with E-state index in [0.29, 0.717) is 37.6 Å². The van der Waals surface area contributed by atoms with Crippen molar-refractivity contribution in [3.05, 3.63) is 90.2 Å². The first kappa shape index (κ1) is 24.7. The van der Waals surface area contributed by atoms with Gasteiger partial charge in [-0.3, -0.25) is 4.79 Å². The zero-order valence-electron chi connectivity index (χ0n) is 19.5. The number of ether oxygens (including phenoxy) is 1. The van der Waals surface area contributed by atoms with E-state index in [-0.39, 0.29) is 29.8 Å². The maximum Gasteiger partial charge on any atom is 0.260 e. The zero-order chi connectivity index (χ0) is 24.8. The summed E-state index contributed by atoms with van der Waals surface area (Å²) in [7, 11) is -2.12. The van der Waals surface area contributed by atoms with Crippen molar-refractivity contribution in [1.29, 1.82) is 0 Å². The second kappa shape index (κ2) is 10.9. The average molecular weight is 498 g/mol. The predicted molar refractivity (Wildman–Crippen MR) is 132 cm³/mol. The normalized spacial score (nSPS) is 14.3. The minimum Gasteiger partial charge on any atom is -0.484 e. The molecule has 0 aliphatic carbocycles. The molecule has 0 unspecified atom stereocenters. The molecule has 0 radical (unpaired) electrons. The Balaban J connectivity index is 1.28. The molecule has 35 heavy (non-hydrogen) atoms. The molecule has 184 valence electrons. The van der Waals surface area contributed by atoms with Gasteiger partial charge in [-0.2, -0.15) is 4.31 Å². The van der Waals surface area contributed by atoms with Crippen molar-refractivity contribution in [3.8, 4) is 5.75 Å². The lowest BCUT2D eigenvalue weighted by Gasteiger charge is -2.36. The number of nitrogens with zero attached hydrogens (tertiary/aromatic N) is 3. The van der Waals surface area contributed by atoms with Crippen LogP contribution in [0.15, 0.2) is 83.8 Å². The molecular weight excluding hydrogens is 469 g/mol. The van der Waals surface area contributed by atoms with Crippen molar-refractivity contribution in [2.24, 2.45) is 0 Å². The number of amides is 1. The lowest BCUT2D eigenvalue weighted by Crippen LogP contribution is -2.50. The number of carbonyl (C=O) groups is 1. The second-order valence-electron chi connectivity index (χ2n) is 8.33. The van der Waals surface area contributed by atoms with Gasteiger partial charge in [0.15, 0.2) is 6.61 Å². The molecular formula is C26H28FN3O4S. The zero-order valence-corrected chi connectivity index (χ0v) is 20.3. The van der Waals surface area contributed by atoms with Gasteiger partial charge in [-0.15, -0.1) is 0 Å². The molecule has 0 saturated carbocycles. The van der Waals surface area contributed by atoms with Crippen molar-refractivity contribution >= 4 is 21.6 Å². The Morgan fingerprint density at radius 2 is 1.54 bits per heavy atom. The highest BCUT2D eigenvalue weighted by molar-refractivity contribution is 7.89. The van der Waals surface area contributed by atoms with Crippen molar-refractivity contribution in [1.82, 2.24) is 9.21 Å². The van der Waals surface area contributed by atoms with Crippen molar-refractivity contribution in [3.63, 3.8) is 0 Å². The van der Waals surface area contributed by atoms with E-state index >= 15 is 0 Å². The van der Waals surface area contributed by atoms with Crippen molar-refractivity contribution in [2.75, 3.05) is 44.7 Å².